The fourth-order valence-corrected chi connectivity index (χ4v) is 5.86. The van der Waals surface area contributed by atoms with E-state index in [-0.39, 0.29) is 16.4 Å². The van der Waals surface area contributed by atoms with Crippen molar-refractivity contribution >= 4 is 26.1 Å². The maximum atomic E-state index is 13.2. The summed E-state index contributed by atoms with van der Waals surface area (Å²) < 4.78 is 33.5. The molecule has 0 fully saturated rings. The van der Waals surface area contributed by atoms with Crippen molar-refractivity contribution in [3.8, 4) is 17.0 Å². The van der Waals surface area contributed by atoms with Crippen LogP contribution in [0.4, 0.5) is 0 Å². The van der Waals surface area contributed by atoms with Gasteiger partial charge in [-0.25, -0.2) is 17.9 Å². The van der Waals surface area contributed by atoms with Gasteiger partial charge in [-0.15, -0.1) is 0 Å². The number of hydrogen-bond donors (Lipinski definition) is 1. The van der Waals surface area contributed by atoms with Crippen LogP contribution in [-0.2, 0) is 21.2 Å². The van der Waals surface area contributed by atoms with Gasteiger partial charge in [-0.3, -0.25) is 0 Å². The van der Waals surface area contributed by atoms with Gasteiger partial charge in [0.25, 0.3) is 0 Å². The molecule has 0 saturated carbocycles. The number of imidazole rings is 1. The normalized spacial score (nSPS) is 12.4. The summed E-state index contributed by atoms with van der Waals surface area (Å²) in [5.74, 6) is 0.155. The van der Waals surface area contributed by atoms with E-state index in [1.165, 1.54) is 18.4 Å². The molecule has 0 unspecified atom stereocenters. The third kappa shape index (κ3) is 4.08. The molecule has 7 nitrogen and oxygen atoms in total. The summed E-state index contributed by atoms with van der Waals surface area (Å²) >= 11 is 1.30. The molecule has 0 aliphatic heterocycles. The maximum absolute atomic E-state index is 13.2. The van der Waals surface area contributed by atoms with Gasteiger partial charge in [0.1, 0.15) is 21.3 Å². The van der Waals surface area contributed by atoms with Crippen LogP contribution in [0.1, 0.15) is 30.1 Å². The molecule has 0 amide bonds. The average Bonchev–Trinajstić information content (AvgIpc) is 3.25. The summed E-state index contributed by atoms with van der Waals surface area (Å²) in [6, 6.07) is 14.1. The lowest BCUT2D eigenvalue weighted by atomic mass is 10.1. The number of sulfone groups is 1. The number of fused-ring (bicyclic) bond motifs is 1. The topological polar surface area (TPSA) is 93.8 Å². The van der Waals surface area contributed by atoms with Crippen molar-refractivity contribution < 1.29 is 18.3 Å². The van der Waals surface area contributed by atoms with Crippen LogP contribution in [0.2, 0.25) is 0 Å². The van der Waals surface area contributed by atoms with Crippen molar-refractivity contribution in [1.82, 2.24) is 14.6 Å². The quantitative estimate of drug-likeness (QED) is 0.471. The summed E-state index contributed by atoms with van der Waals surface area (Å²) in [6.07, 6.45) is 0. The van der Waals surface area contributed by atoms with Crippen molar-refractivity contribution in [2.45, 2.75) is 37.0 Å². The Balaban J connectivity index is 1.85. The summed E-state index contributed by atoms with van der Waals surface area (Å²) in [4.78, 5) is 5.30. The lowest BCUT2D eigenvalue weighted by molar-refractivity contribution is 0.0773. The first kappa shape index (κ1) is 21.5. The van der Waals surface area contributed by atoms with Crippen molar-refractivity contribution in [3.05, 3.63) is 64.8 Å². The SMILES string of the molecule is COc1ccc(-c2c(C)nc3sc(C(C)(C)O)nn23)cc1S(=O)(=O)Cc1ccccc1. The second-order valence-corrected chi connectivity index (χ2v) is 10.7. The van der Waals surface area contributed by atoms with E-state index in [4.69, 9.17) is 4.74 Å². The summed E-state index contributed by atoms with van der Waals surface area (Å²) in [6.45, 7) is 5.18. The molecule has 0 radical (unpaired) electrons. The molecule has 0 bridgehead atoms. The van der Waals surface area contributed by atoms with Crippen LogP contribution in [-0.4, -0.2) is 35.2 Å². The fraction of sp³-hybridized carbons (Fsp3) is 0.273. The van der Waals surface area contributed by atoms with E-state index in [9.17, 15) is 13.5 Å². The molecule has 9 heteroatoms. The monoisotopic (exact) mass is 457 g/mol. The highest BCUT2D eigenvalue weighted by Crippen LogP contribution is 2.35. The molecule has 0 saturated heterocycles. The number of rotatable bonds is 6. The van der Waals surface area contributed by atoms with E-state index < -0.39 is 15.4 Å². The predicted octanol–water partition coefficient (Wildman–Crippen LogP) is 3.98. The van der Waals surface area contributed by atoms with Crippen molar-refractivity contribution in [2.24, 2.45) is 0 Å². The van der Waals surface area contributed by atoms with E-state index >= 15 is 0 Å². The van der Waals surface area contributed by atoms with Gasteiger partial charge in [0.2, 0.25) is 4.96 Å². The highest BCUT2D eigenvalue weighted by atomic mass is 32.2. The minimum absolute atomic E-state index is 0.114. The molecule has 0 spiro atoms. The second-order valence-electron chi connectivity index (χ2n) is 7.82. The second kappa shape index (κ2) is 7.74. The molecule has 2 aromatic heterocycles. The number of aliphatic hydroxyl groups is 1. The number of hydrogen-bond acceptors (Lipinski definition) is 7. The molecule has 2 aromatic carbocycles. The van der Waals surface area contributed by atoms with Crippen LogP contribution in [0.3, 0.4) is 0 Å². The Labute approximate surface area is 184 Å². The van der Waals surface area contributed by atoms with Gasteiger partial charge in [-0.05, 0) is 44.5 Å². The summed E-state index contributed by atoms with van der Waals surface area (Å²) in [5, 5.41) is 15.4. The van der Waals surface area contributed by atoms with E-state index in [0.29, 0.717) is 26.8 Å². The van der Waals surface area contributed by atoms with Gasteiger partial charge < -0.3 is 9.84 Å². The minimum atomic E-state index is -3.67. The molecule has 0 aliphatic carbocycles. The molecule has 162 valence electrons. The van der Waals surface area contributed by atoms with Crippen molar-refractivity contribution in [3.63, 3.8) is 0 Å². The van der Waals surface area contributed by atoms with Gasteiger partial charge in [0.05, 0.1) is 24.3 Å². The van der Waals surface area contributed by atoms with E-state index in [1.807, 2.05) is 25.1 Å². The highest BCUT2D eigenvalue weighted by molar-refractivity contribution is 7.90. The Bertz CT molecular complexity index is 1350. The van der Waals surface area contributed by atoms with E-state index in [2.05, 4.69) is 10.1 Å². The number of nitrogens with zero attached hydrogens (tertiary/aromatic N) is 3. The number of aryl methyl sites for hydroxylation is 1. The third-order valence-corrected chi connectivity index (χ3v) is 7.80. The zero-order chi connectivity index (χ0) is 22.4. The zero-order valence-electron chi connectivity index (χ0n) is 17.7. The molecule has 2 heterocycles. The number of benzene rings is 2. The third-order valence-electron chi connectivity index (χ3n) is 4.87. The summed E-state index contributed by atoms with van der Waals surface area (Å²) in [5.41, 5.74) is 1.66. The smallest absolute Gasteiger partial charge is 0.213 e. The van der Waals surface area contributed by atoms with Gasteiger partial charge in [0.15, 0.2) is 9.84 Å². The molecule has 1 N–H and O–H groups in total. The van der Waals surface area contributed by atoms with Gasteiger partial charge in [-0.2, -0.15) is 5.10 Å². The number of methoxy groups -OCH3 is 1. The Morgan fingerprint density at radius 2 is 1.87 bits per heavy atom. The number of aromatic nitrogens is 3. The molecule has 0 aliphatic rings. The molecule has 0 atom stereocenters. The molecule has 4 rings (SSSR count). The lowest BCUT2D eigenvalue weighted by Crippen LogP contribution is -2.15. The largest absolute Gasteiger partial charge is 0.495 e. The van der Waals surface area contributed by atoms with Gasteiger partial charge >= 0.3 is 0 Å². The lowest BCUT2D eigenvalue weighted by Gasteiger charge is -2.13. The molecular formula is C22H23N3O4S2. The molecule has 31 heavy (non-hydrogen) atoms. The van der Waals surface area contributed by atoms with Crippen molar-refractivity contribution in [1.29, 1.82) is 0 Å². The van der Waals surface area contributed by atoms with Crippen LogP contribution < -0.4 is 4.74 Å². The van der Waals surface area contributed by atoms with Crippen LogP contribution >= 0.6 is 11.3 Å². The van der Waals surface area contributed by atoms with Crippen LogP contribution in [0.25, 0.3) is 16.2 Å². The standard InChI is InChI=1S/C22H23N3O4S2/c1-14-19(25-21(23-14)30-20(24-25)22(2,3)26)16-10-11-17(29-4)18(12-16)31(27,28)13-15-8-6-5-7-9-15/h5-12,26H,13H2,1-4H3. The number of ether oxygens (including phenoxy) is 1. The van der Waals surface area contributed by atoms with Gasteiger partial charge in [-0.1, -0.05) is 41.7 Å². The Morgan fingerprint density at radius 3 is 2.52 bits per heavy atom. The molecular weight excluding hydrogens is 434 g/mol. The first-order valence-corrected chi connectivity index (χ1v) is 12.1. The van der Waals surface area contributed by atoms with Crippen molar-refractivity contribution in [2.75, 3.05) is 7.11 Å². The van der Waals surface area contributed by atoms with Crippen LogP contribution in [0.5, 0.6) is 5.75 Å². The predicted molar refractivity (Wildman–Crippen MR) is 120 cm³/mol. The Kier molecular flexibility index (Phi) is 5.36. The molecule has 4 aromatic rings. The van der Waals surface area contributed by atoms with E-state index in [0.717, 1.165) is 5.69 Å². The Hall–Kier alpha value is -2.75. The highest BCUT2D eigenvalue weighted by Gasteiger charge is 2.26. The average molecular weight is 458 g/mol. The van der Waals surface area contributed by atoms with E-state index in [1.54, 1.807) is 48.7 Å². The maximum Gasteiger partial charge on any atom is 0.213 e. The van der Waals surface area contributed by atoms with Crippen LogP contribution in [0, 0.1) is 6.92 Å². The zero-order valence-corrected chi connectivity index (χ0v) is 19.3. The summed E-state index contributed by atoms with van der Waals surface area (Å²) in [7, 11) is -2.21. The first-order chi connectivity index (χ1) is 14.6. The Morgan fingerprint density at radius 1 is 1.16 bits per heavy atom. The first-order valence-electron chi connectivity index (χ1n) is 9.64. The minimum Gasteiger partial charge on any atom is -0.495 e. The van der Waals surface area contributed by atoms with Gasteiger partial charge in [0, 0.05) is 5.56 Å². The van der Waals surface area contributed by atoms with Crippen LogP contribution in [0.15, 0.2) is 53.4 Å². The fourth-order valence-electron chi connectivity index (χ4n) is 3.37.